The van der Waals surface area contributed by atoms with Crippen molar-refractivity contribution in [1.29, 1.82) is 0 Å². The lowest BCUT2D eigenvalue weighted by Gasteiger charge is -2.54. The minimum Gasteiger partial charge on any atom is -0.454 e. The number of fused-ring (bicyclic) bond motifs is 1. The van der Waals surface area contributed by atoms with Crippen LogP contribution < -0.4 is 14.8 Å². The van der Waals surface area contributed by atoms with Gasteiger partial charge in [-0.3, -0.25) is 9.59 Å². The lowest BCUT2D eigenvalue weighted by atomic mass is 9.78. The molecule has 2 saturated heterocycles. The molecule has 0 spiro atoms. The van der Waals surface area contributed by atoms with Crippen LogP contribution >= 0.6 is 0 Å². The Morgan fingerprint density at radius 2 is 1.81 bits per heavy atom. The molecule has 7 nitrogen and oxygen atoms in total. The van der Waals surface area contributed by atoms with E-state index in [2.05, 4.69) is 10.2 Å². The third-order valence-electron chi connectivity index (χ3n) is 6.53. The quantitative estimate of drug-likeness (QED) is 0.763. The number of nitrogens with zero attached hydrogens (tertiary/aromatic N) is 2. The molecule has 2 aromatic rings. The number of amides is 2. The topological polar surface area (TPSA) is 71.1 Å². The molecule has 1 unspecified atom stereocenters. The number of carbonyl (C=O) groups excluding carboxylic acids is 2. The van der Waals surface area contributed by atoms with Gasteiger partial charge in [-0.15, -0.1) is 0 Å². The highest BCUT2D eigenvalue weighted by Gasteiger charge is 2.55. The fraction of sp³-hybridized carbons (Fsp3) is 0.391. The average molecular weight is 425 g/mol. The van der Waals surface area contributed by atoms with Crippen LogP contribution in [0.15, 0.2) is 42.5 Å². The molecule has 8 heteroatoms. The number of β-lactam (4-membered cyclic amide) rings is 1. The van der Waals surface area contributed by atoms with Crippen molar-refractivity contribution in [3.05, 3.63) is 53.8 Å². The van der Waals surface area contributed by atoms with Crippen molar-refractivity contribution in [3.63, 3.8) is 0 Å². The molecule has 162 valence electrons. The number of anilines is 1. The van der Waals surface area contributed by atoms with Gasteiger partial charge in [0.2, 0.25) is 18.6 Å². The maximum absolute atomic E-state index is 13.7. The second kappa shape index (κ2) is 7.53. The molecule has 0 bridgehead atoms. The Kier molecular flexibility index (Phi) is 4.81. The molecule has 3 aliphatic heterocycles. The van der Waals surface area contributed by atoms with Crippen LogP contribution in [0.2, 0.25) is 0 Å². The van der Waals surface area contributed by atoms with E-state index in [9.17, 15) is 14.0 Å². The Bertz CT molecular complexity index is 1020. The summed E-state index contributed by atoms with van der Waals surface area (Å²) in [6.45, 7) is 1.56. The van der Waals surface area contributed by atoms with E-state index in [0.717, 1.165) is 5.56 Å². The van der Waals surface area contributed by atoms with E-state index >= 15 is 0 Å². The molecule has 0 radical (unpaired) electrons. The Hall–Kier alpha value is -3.13. The Morgan fingerprint density at radius 1 is 1.10 bits per heavy atom. The average Bonchev–Trinajstić information content (AvgIpc) is 3.22. The largest absolute Gasteiger partial charge is 0.454 e. The number of hydrogen-bond acceptors (Lipinski definition) is 5. The molecule has 5 rings (SSSR count). The first kappa shape index (κ1) is 19.8. The molecule has 1 atom stereocenters. The summed E-state index contributed by atoms with van der Waals surface area (Å²) in [6, 6.07) is 11.2. The summed E-state index contributed by atoms with van der Waals surface area (Å²) >= 11 is 0. The maximum atomic E-state index is 13.7. The predicted molar refractivity (Wildman–Crippen MR) is 111 cm³/mol. The van der Waals surface area contributed by atoms with Crippen LogP contribution in [0.5, 0.6) is 11.5 Å². The van der Waals surface area contributed by atoms with E-state index in [1.807, 2.05) is 7.05 Å². The van der Waals surface area contributed by atoms with E-state index in [0.29, 0.717) is 49.5 Å². The van der Waals surface area contributed by atoms with Gasteiger partial charge in [-0.1, -0.05) is 12.1 Å². The highest BCUT2D eigenvalue weighted by molar-refractivity contribution is 6.02. The van der Waals surface area contributed by atoms with Crippen molar-refractivity contribution in [2.75, 3.05) is 32.2 Å². The number of carbonyl (C=O) groups is 2. The number of piperidine rings is 1. The van der Waals surface area contributed by atoms with Gasteiger partial charge in [-0.05, 0) is 49.7 Å². The van der Waals surface area contributed by atoms with Crippen molar-refractivity contribution in [2.45, 2.75) is 30.8 Å². The van der Waals surface area contributed by atoms with Gasteiger partial charge in [0, 0.05) is 24.8 Å². The van der Waals surface area contributed by atoms with Crippen LogP contribution in [-0.4, -0.2) is 54.1 Å². The van der Waals surface area contributed by atoms with Gasteiger partial charge in [0.25, 0.3) is 0 Å². The molecule has 2 fully saturated rings. The molecule has 3 aliphatic rings. The maximum Gasteiger partial charge on any atom is 0.250 e. The van der Waals surface area contributed by atoms with Crippen LogP contribution in [0, 0.1) is 5.82 Å². The summed E-state index contributed by atoms with van der Waals surface area (Å²) in [6.07, 6.45) is 1.38. The van der Waals surface area contributed by atoms with Crippen molar-refractivity contribution in [3.8, 4) is 11.5 Å². The van der Waals surface area contributed by atoms with E-state index in [1.165, 1.54) is 12.1 Å². The Balaban J connectivity index is 1.45. The zero-order chi connectivity index (χ0) is 21.6. The number of hydrogen-bond donors (Lipinski definition) is 1. The molecule has 3 heterocycles. The monoisotopic (exact) mass is 425 g/mol. The van der Waals surface area contributed by atoms with E-state index in [-0.39, 0.29) is 30.5 Å². The van der Waals surface area contributed by atoms with Gasteiger partial charge in [-0.2, -0.15) is 0 Å². The second-order valence-corrected chi connectivity index (χ2v) is 8.39. The standard InChI is InChI=1S/C23H24FN3O4/c1-26-10-8-23(9-11-26,22(29)25-17-6-7-19-20(12-17)31-14-30-19)27-18(13-21(27)28)15-2-4-16(24)5-3-15/h2-7,12,18H,8-11,13-14H2,1H3,(H,25,29). The minimum atomic E-state index is -0.961. The van der Waals surface area contributed by atoms with E-state index in [1.54, 1.807) is 35.2 Å². The van der Waals surface area contributed by atoms with Crippen molar-refractivity contribution in [2.24, 2.45) is 0 Å². The van der Waals surface area contributed by atoms with Crippen LogP contribution in [0.4, 0.5) is 10.1 Å². The fourth-order valence-electron chi connectivity index (χ4n) is 4.69. The third kappa shape index (κ3) is 3.40. The zero-order valence-corrected chi connectivity index (χ0v) is 17.3. The summed E-state index contributed by atoms with van der Waals surface area (Å²) < 4.78 is 24.2. The predicted octanol–water partition coefficient (Wildman–Crippen LogP) is 2.93. The number of rotatable bonds is 4. The van der Waals surface area contributed by atoms with Gasteiger partial charge in [0.1, 0.15) is 11.4 Å². The minimum absolute atomic E-state index is 0.0558. The second-order valence-electron chi connectivity index (χ2n) is 8.39. The smallest absolute Gasteiger partial charge is 0.250 e. The van der Waals surface area contributed by atoms with Crippen molar-refractivity contribution in [1.82, 2.24) is 9.80 Å². The summed E-state index contributed by atoms with van der Waals surface area (Å²) in [7, 11) is 2.01. The molecule has 0 aromatic heterocycles. The number of nitrogens with one attached hydrogen (secondary N) is 1. The molecular weight excluding hydrogens is 401 g/mol. The molecule has 0 aliphatic carbocycles. The van der Waals surface area contributed by atoms with Crippen molar-refractivity contribution >= 4 is 17.5 Å². The van der Waals surface area contributed by atoms with Gasteiger partial charge in [-0.25, -0.2) is 4.39 Å². The summed E-state index contributed by atoms with van der Waals surface area (Å²) in [5.41, 5.74) is 0.478. The SMILES string of the molecule is CN1CCC(C(=O)Nc2ccc3c(c2)OCO3)(N2C(=O)CC2c2ccc(F)cc2)CC1. The first-order chi connectivity index (χ1) is 15.0. The van der Waals surface area contributed by atoms with Crippen LogP contribution in [0.3, 0.4) is 0 Å². The highest BCUT2D eigenvalue weighted by atomic mass is 19.1. The zero-order valence-electron chi connectivity index (χ0n) is 17.3. The van der Waals surface area contributed by atoms with Crippen LogP contribution in [-0.2, 0) is 9.59 Å². The highest BCUT2D eigenvalue weighted by Crippen LogP contribution is 2.45. The number of halogens is 1. The number of ether oxygens (including phenoxy) is 2. The Morgan fingerprint density at radius 3 is 2.52 bits per heavy atom. The van der Waals surface area contributed by atoms with E-state index < -0.39 is 5.54 Å². The van der Waals surface area contributed by atoms with Gasteiger partial charge >= 0.3 is 0 Å². The van der Waals surface area contributed by atoms with Crippen LogP contribution in [0.25, 0.3) is 0 Å². The number of benzene rings is 2. The molecule has 31 heavy (non-hydrogen) atoms. The lowest BCUT2D eigenvalue weighted by molar-refractivity contribution is -0.167. The molecular formula is C23H24FN3O4. The summed E-state index contributed by atoms with van der Waals surface area (Å²) in [4.78, 5) is 30.3. The molecule has 1 N–H and O–H groups in total. The lowest BCUT2D eigenvalue weighted by Crippen LogP contribution is -2.68. The van der Waals surface area contributed by atoms with Gasteiger partial charge in [0.05, 0.1) is 12.5 Å². The van der Waals surface area contributed by atoms with Gasteiger partial charge in [0.15, 0.2) is 11.5 Å². The third-order valence-corrected chi connectivity index (χ3v) is 6.53. The number of likely N-dealkylation sites (tertiary alicyclic amines) is 2. The fourth-order valence-corrected chi connectivity index (χ4v) is 4.69. The van der Waals surface area contributed by atoms with Crippen molar-refractivity contribution < 1.29 is 23.5 Å². The van der Waals surface area contributed by atoms with E-state index in [4.69, 9.17) is 9.47 Å². The molecule has 2 aromatic carbocycles. The summed E-state index contributed by atoms with van der Waals surface area (Å²) in [5, 5.41) is 3.00. The first-order valence-corrected chi connectivity index (χ1v) is 10.4. The van der Waals surface area contributed by atoms with Gasteiger partial charge < -0.3 is 24.6 Å². The molecule has 2 amide bonds. The Labute approximate surface area is 179 Å². The van der Waals surface area contributed by atoms with Crippen LogP contribution in [0.1, 0.15) is 30.9 Å². The molecule has 0 saturated carbocycles. The summed E-state index contributed by atoms with van der Waals surface area (Å²) in [5.74, 6) is 0.635. The first-order valence-electron chi connectivity index (χ1n) is 10.4. The normalized spacial score (nSPS) is 22.2.